The zero-order valence-electron chi connectivity index (χ0n) is 12.0. The molecule has 0 bridgehead atoms. The largest absolute Gasteiger partial charge is 0.369 e. The minimum atomic E-state index is 0.530. The van der Waals surface area contributed by atoms with Crippen molar-refractivity contribution in [2.45, 2.75) is 26.3 Å². The minimum absolute atomic E-state index is 0.530. The molecule has 0 unspecified atom stereocenters. The number of halogens is 1. The number of nitrogens with zero attached hydrogens (tertiary/aromatic N) is 2. The van der Waals surface area contributed by atoms with Gasteiger partial charge in [0.1, 0.15) is 0 Å². The lowest BCUT2D eigenvalue weighted by Gasteiger charge is -2.08. The Morgan fingerprint density at radius 2 is 2.00 bits per heavy atom. The second-order valence-corrected chi connectivity index (χ2v) is 5.73. The number of fused-ring (bicyclic) bond motifs is 1. The van der Waals surface area contributed by atoms with Crippen molar-refractivity contribution in [3.05, 3.63) is 58.6 Å². The number of aryl methyl sites for hydroxylation is 3. The highest BCUT2D eigenvalue weighted by molar-refractivity contribution is 6.35. The molecule has 0 saturated carbocycles. The third-order valence-corrected chi connectivity index (χ3v) is 3.98. The first-order valence-electron chi connectivity index (χ1n) is 7.11. The lowest BCUT2D eigenvalue weighted by atomic mass is 10.1. The Morgan fingerprint density at radius 3 is 2.81 bits per heavy atom. The van der Waals surface area contributed by atoms with Crippen LogP contribution in [-0.4, -0.2) is 9.55 Å². The van der Waals surface area contributed by atoms with Crippen LogP contribution in [0.5, 0.6) is 0 Å². The van der Waals surface area contributed by atoms with Gasteiger partial charge in [0.2, 0.25) is 5.95 Å². The molecule has 3 nitrogen and oxygen atoms in total. The smallest absolute Gasteiger partial charge is 0.201 e. The van der Waals surface area contributed by atoms with Crippen LogP contribution in [0.15, 0.2) is 42.5 Å². The van der Waals surface area contributed by atoms with Crippen molar-refractivity contribution in [1.82, 2.24) is 9.55 Å². The molecule has 0 radical (unpaired) electrons. The highest BCUT2D eigenvalue weighted by atomic mass is 35.5. The summed E-state index contributed by atoms with van der Waals surface area (Å²) < 4.78 is 2.01. The van der Waals surface area contributed by atoms with Crippen LogP contribution in [0.1, 0.15) is 17.5 Å². The molecule has 0 spiro atoms. The Labute approximate surface area is 129 Å². The highest BCUT2D eigenvalue weighted by Gasteiger charge is 2.10. The summed E-state index contributed by atoms with van der Waals surface area (Å²) in [5, 5.41) is 0.701. The zero-order chi connectivity index (χ0) is 14.8. The van der Waals surface area contributed by atoms with E-state index in [1.54, 1.807) is 0 Å². The van der Waals surface area contributed by atoms with Crippen LogP contribution in [-0.2, 0) is 13.0 Å². The molecule has 2 N–H and O–H groups in total. The molecule has 1 aromatic heterocycles. The molecule has 0 fully saturated rings. The van der Waals surface area contributed by atoms with E-state index in [0.717, 1.165) is 30.4 Å². The van der Waals surface area contributed by atoms with Crippen LogP contribution >= 0.6 is 11.6 Å². The molecular weight excluding hydrogens is 282 g/mol. The van der Waals surface area contributed by atoms with Crippen molar-refractivity contribution >= 4 is 28.6 Å². The van der Waals surface area contributed by atoms with E-state index in [9.17, 15) is 0 Å². The fourth-order valence-electron chi connectivity index (χ4n) is 2.69. The first-order valence-corrected chi connectivity index (χ1v) is 7.49. The average Bonchev–Trinajstić information content (AvgIpc) is 2.76. The van der Waals surface area contributed by atoms with E-state index in [1.807, 2.05) is 22.8 Å². The van der Waals surface area contributed by atoms with Gasteiger partial charge >= 0.3 is 0 Å². The summed E-state index contributed by atoms with van der Waals surface area (Å²) in [4.78, 5) is 4.37. The number of nitrogen functional groups attached to an aromatic ring is 1. The molecule has 0 aliphatic heterocycles. The van der Waals surface area contributed by atoms with Crippen LogP contribution in [0.25, 0.3) is 11.0 Å². The van der Waals surface area contributed by atoms with Gasteiger partial charge in [-0.15, -0.1) is 0 Å². The number of imidazole rings is 1. The van der Waals surface area contributed by atoms with Gasteiger partial charge in [-0.3, -0.25) is 0 Å². The van der Waals surface area contributed by atoms with Crippen LogP contribution in [0.4, 0.5) is 5.95 Å². The van der Waals surface area contributed by atoms with Gasteiger partial charge in [-0.2, -0.15) is 0 Å². The van der Waals surface area contributed by atoms with Gasteiger partial charge in [-0.25, -0.2) is 4.98 Å². The van der Waals surface area contributed by atoms with E-state index in [2.05, 4.69) is 36.2 Å². The van der Waals surface area contributed by atoms with Gasteiger partial charge in [0.15, 0.2) is 0 Å². The minimum Gasteiger partial charge on any atom is -0.369 e. The van der Waals surface area contributed by atoms with E-state index < -0.39 is 0 Å². The second kappa shape index (κ2) is 5.78. The number of para-hydroxylation sites is 1. The number of hydrogen-bond donors (Lipinski definition) is 1. The fourth-order valence-corrected chi connectivity index (χ4v) is 2.97. The predicted molar refractivity (Wildman–Crippen MR) is 88.7 cm³/mol. The predicted octanol–water partition coefficient (Wildman–Crippen LogP) is 4.21. The monoisotopic (exact) mass is 299 g/mol. The molecule has 3 rings (SSSR count). The SMILES string of the molecule is Cc1cccc(CCCn2c(N)nc3cccc(Cl)c32)c1. The average molecular weight is 300 g/mol. The fraction of sp³-hybridized carbons (Fsp3) is 0.235. The number of rotatable bonds is 4. The van der Waals surface area contributed by atoms with E-state index in [0.29, 0.717) is 11.0 Å². The number of benzene rings is 2. The van der Waals surface area contributed by atoms with Crippen molar-refractivity contribution in [1.29, 1.82) is 0 Å². The second-order valence-electron chi connectivity index (χ2n) is 5.32. The molecule has 1 heterocycles. The number of aromatic nitrogens is 2. The van der Waals surface area contributed by atoms with Gasteiger partial charge < -0.3 is 10.3 Å². The summed E-state index contributed by atoms with van der Waals surface area (Å²) in [6.45, 7) is 2.94. The van der Waals surface area contributed by atoms with E-state index >= 15 is 0 Å². The first-order chi connectivity index (χ1) is 10.1. The van der Waals surface area contributed by atoms with E-state index in [-0.39, 0.29) is 0 Å². The summed E-state index contributed by atoms with van der Waals surface area (Å²) in [5.74, 6) is 0.530. The molecule has 0 atom stereocenters. The summed E-state index contributed by atoms with van der Waals surface area (Å²) >= 11 is 6.28. The van der Waals surface area contributed by atoms with Crippen molar-refractivity contribution in [3.8, 4) is 0 Å². The molecule has 0 aliphatic rings. The molecule has 108 valence electrons. The lowest BCUT2D eigenvalue weighted by Crippen LogP contribution is -2.04. The van der Waals surface area contributed by atoms with Gasteiger partial charge in [0.05, 0.1) is 16.1 Å². The first kappa shape index (κ1) is 14.0. The van der Waals surface area contributed by atoms with Crippen molar-refractivity contribution in [2.24, 2.45) is 0 Å². The Morgan fingerprint density at radius 1 is 1.19 bits per heavy atom. The maximum absolute atomic E-state index is 6.28. The topological polar surface area (TPSA) is 43.8 Å². The Hall–Kier alpha value is -2.00. The van der Waals surface area contributed by atoms with Gasteiger partial charge in [-0.1, -0.05) is 47.5 Å². The molecule has 3 aromatic rings. The maximum Gasteiger partial charge on any atom is 0.201 e. The van der Waals surface area contributed by atoms with Crippen molar-refractivity contribution in [2.75, 3.05) is 5.73 Å². The molecule has 0 aliphatic carbocycles. The molecule has 0 amide bonds. The van der Waals surface area contributed by atoms with Crippen molar-refractivity contribution < 1.29 is 0 Å². The molecule has 0 saturated heterocycles. The molecule has 4 heteroatoms. The summed E-state index contributed by atoms with van der Waals surface area (Å²) in [5.41, 5.74) is 10.5. The van der Waals surface area contributed by atoms with Crippen LogP contribution < -0.4 is 5.73 Å². The third-order valence-electron chi connectivity index (χ3n) is 3.68. The quantitative estimate of drug-likeness (QED) is 0.784. The summed E-state index contributed by atoms with van der Waals surface area (Å²) in [6, 6.07) is 14.3. The van der Waals surface area contributed by atoms with Gasteiger partial charge in [0, 0.05) is 6.54 Å². The highest BCUT2D eigenvalue weighted by Crippen LogP contribution is 2.26. The molecular formula is C17H18ClN3. The normalized spacial score (nSPS) is 11.1. The third kappa shape index (κ3) is 2.88. The number of hydrogen-bond acceptors (Lipinski definition) is 2. The Balaban J connectivity index is 1.78. The van der Waals surface area contributed by atoms with Crippen molar-refractivity contribution in [3.63, 3.8) is 0 Å². The Bertz CT molecular complexity index is 777. The number of anilines is 1. The van der Waals surface area contributed by atoms with Gasteiger partial charge in [0.25, 0.3) is 0 Å². The maximum atomic E-state index is 6.28. The Kier molecular flexibility index (Phi) is 3.84. The lowest BCUT2D eigenvalue weighted by molar-refractivity contribution is 0.665. The molecule has 2 aromatic carbocycles. The standard InChI is InChI=1S/C17H18ClN3/c1-12-5-2-6-13(11-12)7-4-10-21-16-14(18)8-3-9-15(16)20-17(21)19/h2-3,5-6,8-9,11H,4,7,10H2,1H3,(H2,19,20). The summed E-state index contributed by atoms with van der Waals surface area (Å²) in [6.07, 6.45) is 2.02. The molecule has 21 heavy (non-hydrogen) atoms. The summed E-state index contributed by atoms with van der Waals surface area (Å²) in [7, 11) is 0. The zero-order valence-corrected chi connectivity index (χ0v) is 12.8. The van der Waals surface area contributed by atoms with Gasteiger partial charge in [-0.05, 0) is 37.5 Å². The van der Waals surface area contributed by atoms with Crippen LogP contribution in [0.3, 0.4) is 0 Å². The number of nitrogens with two attached hydrogens (primary N) is 1. The van der Waals surface area contributed by atoms with Crippen LogP contribution in [0.2, 0.25) is 5.02 Å². The van der Waals surface area contributed by atoms with E-state index in [1.165, 1.54) is 11.1 Å². The van der Waals surface area contributed by atoms with Crippen LogP contribution in [0, 0.1) is 6.92 Å². The van der Waals surface area contributed by atoms with E-state index in [4.69, 9.17) is 17.3 Å².